The third-order valence-electron chi connectivity index (χ3n) is 30.0. The van der Waals surface area contributed by atoms with E-state index < -0.39 is 81.7 Å². The second-order valence-corrected chi connectivity index (χ2v) is 66.3. The Kier molecular flexibility index (Phi) is 89.4. The summed E-state index contributed by atoms with van der Waals surface area (Å²) in [5.41, 5.74) is 6.97. The maximum Gasteiger partial charge on any atom is 0.322 e. The van der Waals surface area contributed by atoms with Crippen LogP contribution in [0.2, 0.25) is 72.5 Å². The lowest BCUT2D eigenvalue weighted by Gasteiger charge is -2.36. The van der Waals surface area contributed by atoms with E-state index in [2.05, 4.69) is 189 Å². The second kappa shape index (κ2) is 88.5. The number of aliphatic hydroxyl groups is 6. The summed E-state index contributed by atoms with van der Waals surface area (Å²) < 4.78 is 29.5. The van der Waals surface area contributed by atoms with Crippen LogP contribution in [0.5, 0.6) is 0 Å². The predicted molar refractivity (Wildman–Crippen MR) is 631 cm³/mol. The maximum atomic E-state index is 12.6. The number of ketones is 3. The van der Waals surface area contributed by atoms with Crippen LogP contribution in [0.1, 0.15) is 445 Å². The van der Waals surface area contributed by atoms with Crippen molar-refractivity contribution in [1.82, 2.24) is 16.0 Å². The van der Waals surface area contributed by atoms with Crippen LogP contribution < -0.4 is 21.7 Å². The van der Waals surface area contributed by atoms with E-state index in [-0.39, 0.29) is 108 Å². The van der Waals surface area contributed by atoms with Crippen LogP contribution in [0.4, 0.5) is 0 Å². The zero-order chi connectivity index (χ0) is 111. The number of carbonyl (C=O) groups excluding carboxylic acids is 5. The standard InChI is InChI=1S/C33H59NO2Si.2C26H56O3Si.C18H29NO3Si.C13H17NO4.C4H9NO3.CH4/c1-7-8-9-10-11-12-13-14-15-16-17-18-19-23-26-31(27-28-36-37(5,6)33(2,3)4)34-29-32(35)30-24-21-20-22-25-30;2*1-8-9-10-11-12-13-14-15-16-17-18-19-20-24(27)25(28)23(2)21-22-29-30(6,7)26(3,4)5;1-18(2,3)23(4,5)22-12-11-16(14-20)19-13-17(21)15-9-7-6-8-10-15;1-18-13(17)11(7-8-15)14-9-12(16)10-5-3-2-4-6-10;5-3(1-2-6)4(7)8;/h20-26,31,34H,7-19,27-29H2,1-6H3;2*23-25,27-28H,8-22H2,1-7H3;6-10,14,16,19H,11-13H2,1-5H3;2-6,11,14-15H,7-9H2,1H3;3,6H,1-2,5H2,(H,7,8);1H4/b26-23+;;;;;;/t31-;23-,24+,25-;23-,24-,25+;16-;11-;3-;/m000110./s1. The van der Waals surface area contributed by atoms with Gasteiger partial charge in [0.05, 0.1) is 57.2 Å². The number of unbranched alkanes of at least 4 members (excludes halogenated alkanes) is 34. The van der Waals surface area contributed by atoms with Gasteiger partial charge in [0.1, 0.15) is 18.4 Å². The van der Waals surface area contributed by atoms with Gasteiger partial charge in [-0.2, -0.15) is 0 Å². The molecule has 10 atom stereocenters. The number of ether oxygens (including phenoxy) is 1. The number of carboxylic acids is 1. The molecule has 0 aliphatic rings. The van der Waals surface area contributed by atoms with Crippen molar-refractivity contribution in [2.24, 2.45) is 17.6 Å². The molecule has 0 saturated carbocycles. The first-order chi connectivity index (χ1) is 68.8. The number of aldehydes is 1. The van der Waals surface area contributed by atoms with Crippen LogP contribution in [0.25, 0.3) is 0 Å². The zero-order valence-electron chi connectivity index (χ0n) is 98.0. The number of carbonyl (C=O) groups is 6. The van der Waals surface area contributed by atoms with Gasteiger partial charge in [0.2, 0.25) is 0 Å². The van der Waals surface area contributed by atoms with Crippen molar-refractivity contribution in [2.75, 3.05) is 66.4 Å². The first-order valence-corrected chi connectivity index (χ1v) is 69.0. The van der Waals surface area contributed by atoms with Gasteiger partial charge in [0.15, 0.2) is 50.6 Å². The fraction of sp³-hybridized carbons (Fsp3) is 0.785. The summed E-state index contributed by atoms with van der Waals surface area (Å²) in [6.07, 6.45) is 57.2. The van der Waals surface area contributed by atoms with E-state index in [1.165, 1.54) is 225 Å². The van der Waals surface area contributed by atoms with Crippen molar-refractivity contribution in [3.8, 4) is 0 Å². The van der Waals surface area contributed by atoms with E-state index in [0.29, 0.717) is 56.8 Å². The van der Waals surface area contributed by atoms with Crippen molar-refractivity contribution in [2.45, 2.75) is 535 Å². The van der Waals surface area contributed by atoms with Crippen molar-refractivity contribution in [3.63, 3.8) is 0 Å². The number of hydrogen-bond acceptors (Lipinski definition) is 21. The number of hydrogen-bond donors (Lipinski definition) is 11. The molecule has 0 spiro atoms. The minimum absolute atomic E-state index is 0. The number of Topliss-reactive ketones (excluding diaryl/α,β-unsaturated/α-hetero) is 3. The molecule has 858 valence electrons. The summed E-state index contributed by atoms with van der Waals surface area (Å²) in [5, 5.41) is 76.8. The van der Waals surface area contributed by atoms with Gasteiger partial charge in [-0.1, -0.05) is 453 Å². The van der Waals surface area contributed by atoms with Gasteiger partial charge in [-0.05, 0) is 149 Å². The Bertz CT molecular complexity index is 3580. The summed E-state index contributed by atoms with van der Waals surface area (Å²) in [4.78, 5) is 68.8. The lowest BCUT2D eigenvalue weighted by atomic mass is 9.93. The second-order valence-electron chi connectivity index (χ2n) is 47.0. The van der Waals surface area contributed by atoms with Gasteiger partial charge in [-0.3, -0.25) is 29.3 Å². The number of methoxy groups -OCH3 is 1. The summed E-state index contributed by atoms with van der Waals surface area (Å²) >= 11 is 0. The van der Waals surface area contributed by atoms with Gasteiger partial charge in [-0.25, -0.2) is 0 Å². The Hall–Kier alpha value is -4.67. The van der Waals surface area contributed by atoms with Gasteiger partial charge >= 0.3 is 11.9 Å². The molecule has 0 aliphatic heterocycles. The molecule has 22 nitrogen and oxygen atoms in total. The fourth-order valence-corrected chi connectivity index (χ4v) is 19.4. The predicted octanol–water partition coefficient (Wildman–Crippen LogP) is 28.8. The number of nitrogens with two attached hydrogens (primary N) is 1. The smallest absolute Gasteiger partial charge is 0.322 e. The molecule has 147 heavy (non-hydrogen) atoms. The normalized spacial score (nSPS) is 14.2. The summed E-state index contributed by atoms with van der Waals surface area (Å²) in [7, 11) is -5.74. The first kappa shape index (κ1) is 149. The van der Waals surface area contributed by atoms with Crippen molar-refractivity contribution in [3.05, 3.63) is 120 Å². The van der Waals surface area contributed by atoms with E-state index in [9.17, 15) is 49.2 Å². The summed E-state index contributed by atoms with van der Waals surface area (Å²) in [5.74, 6) is -1.39. The SMILES string of the molecule is C.CC(C)(C)[Si](C)(C)OCC[C@H](C=O)NCC(=O)c1ccccc1.CCCCCCCCCCCCCC/C=C/[C@@H](CCO[Si](C)(C)C(C)(C)C)NCC(=O)c1ccccc1.CCCCCCCCCCCCCC[C@@H](O)[C@@H](O)[C@@H](C)CCO[Si](C)(C)C(C)(C)C.CCCCCCCCCCCCCC[C@H](O)[C@H](O)[C@@H](C)CCO[Si](C)(C)C(C)(C)C.COC(=O)[C@@H](CCO)NCC(=O)c1ccccc1.N[C@@H](CCO)C(=O)O. The highest BCUT2D eigenvalue weighted by Crippen LogP contribution is 2.40. The average Bonchev–Trinajstić information content (AvgIpc) is 0.854. The van der Waals surface area contributed by atoms with Crippen LogP contribution in [0.15, 0.2) is 103 Å². The lowest BCUT2D eigenvalue weighted by Crippen LogP contribution is -2.42. The Morgan fingerprint density at radius 2 is 0.612 bits per heavy atom. The molecule has 0 amide bonds. The molecule has 0 unspecified atom stereocenters. The van der Waals surface area contributed by atoms with Crippen LogP contribution in [0.3, 0.4) is 0 Å². The molecule has 0 fully saturated rings. The number of nitrogens with one attached hydrogen (secondary N) is 3. The highest BCUT2D eigenvalue weighted by molar-refractivity contribution is 6.75. The molecular formula is C121H230N4O18Si4. The van der Waals surface area contributed by atoms with Crippen LogP contribution in [0, 0.1) is 11.8 Å². The van der Waals surface area contributed by atoms with Crippen LogP contribution in [-0.2, 0) is 36.8 Å². The molecule has 26 heteroatoms. The Balaban J connectivity index is -0.000000863. The minimum atomic E-state index is -1.79. The Morgan fingerprint density at radius 3 is 0.864 bits per heavy atom. The highest BCUT2D eigenvalue weighted by Gasteiger charge is 2.41. The summed E-state index contributed by atoms with van der Waals surface area (Å²) in [6, 6.07) is 25.7. The molecule has 0 saturated heterocycles. The molecule has 3 aromatic rings. The molecule has 3 aromatic carbocycles. The molecule has 12 N–H and O–H groups in total. The van der Waals surface area contributed by atoms with Crippen molar-refractivity contribution >= 4 is 68.8 Å². The molecule has 0 aliphatic carbocycles. The number of allylic oxidation sites excluding steroid dienone is 1. The molecule has 0 radical (unpaired) electrons. The molecule has 0 heterocycles. The van der Waals surface area contributed by atoms with Crippen LogP contribution >= 0.6 is 0 Å². The quantitative estimate of drug-likeness (QED) is 0.00624. The van der Waals surface area contributed by atoms with E-state index in [4.69, 9.17) is 38.8 Å². The number of esters is 1. The van der Waals surface area contributed by atoms with Gasteiger partial charge in [0.25, 0.3) is 0 Å². The third-order valence-corrected chi connectivity index (χ3v) is 48.2. The highest BCUT2D eigenvalue weighted by atomic mass is 28.4. The van der Waals surface area contributed by atoms with E-state index in [0.717, 1.165) is 57.0 Å². The summed E-state index contributed by atoms with van der Waals surface area (Å²) in [6.45, 7) is 58.7. The number of rotatable bonds is 79. The Labute approximate surface area is 905 Å². The molecule has 3 rings (SSSR count). The fourth-order valence-electron chi connectivity index (χ4n) is 15.1. The van der Waals surface area contributed by atoms with E-state index in [1.54, 1.807) is 36.4 Å². The Morgan fingerprint density at radius 1 is 0.361 bits per heavy atom. The van der Waals surface area contributed by atoms with Gasteiger partial charge in [-0.15, -0.1) is 0 Å². The monoisotopic (exact) mass is 2140 g/mol. The van der Waals surface area contributed by atoms with E-state index >= 15 is 0 Å². The third kappa shape index (κ3) is 77.4. The number of benzene rings is 3. The molecule has 0 bridgehead atoms. The van der Waals surface area contributed by atoms with Gasteiger partial charge in [0, 0.05) is 62.4 Å². The minimum Gasteiger partial charge on any atom is -0.480 e. The average molecular weight is 2140 g/mol. The topological polar surface area (TPSA) is 352 Å². The molecule has 0 aromatic heterocycles. The van der Waals surface area contributed by atoms with Crippen molar-refractivity contribution < 1.29 is 87.0 Å². The van der Waals surface area contributed by atoms with Crippen LogP contribution in [-0.4, -0.2) is 220 Å². The number of aliphatic carboxylic acids is 1. The zero-order valence-corrected chi connectivity index (χ0v) is 102. The van der Waals surface area contributed by atoms with Crippen molar-refractivity contribution in [1.29, 1.82) is 0 Å². The molecular weight excluding hydrogens is 1910 g/mol. The first-order valence-electron chi connectivity index (χ1n) is 57.4. The number of carboxylic acid groups (broad SMARTS) is 1. The lowest BCUT2D eigenvalue weighted by molar-refractivity contribution is -0.143. The largest absolute Gasteiger partial charge is 0.480 e. The van der Waals surface area contributed by atoms with E-state index in [1.807, 2.05) is 68.4 Å². The van der Waals surface area contributed by atoms with Gasteiger partial charge < -0.3 is 79.3 Å². The number of aliphatic hydroxyl groups excluding tert-OH is 6. The maximum absolute atomic E-state index is 12.6.